The molecule has 1 unspecified atom stereocenters. The van der Waals surface area contributed by atoms with E-state index >= 15 is 0 Å². The molecule has 0 bridgehead atoms. The van der Waals surface area contributed by atoms with E-state index in [0.29, 0.717) is 12.1 Å². The molecule has 0 spiro atoms. The van der Waals surface area contributed by atoms with Crippen LogP contribution in [0.2, 0.25) is 0 Å². The van der Waals surface area contributed by atoms with Crippen LogP contribution < -0.4 is 10.1 Å². The number of para-hydroxylation sites is 1. The first-order valence-electron chi connectivity index (χ1n) is 8.75. The third kappa shape index (κ3) is 3.88. The summed E-state index contributed by atoms with van der Waals surface area (Å²) in [5.41, 5.74) is 1.56. The molecule has 7 nitrogen and oxygen atoms in total. The summed E-state index contributed by atoms with van der Waals surface area (Å²) in [6, 6.07) is 11.7. The quantitative estimate of drug-likeness (QED) is 0.696. The first kappa shape index (κ1) is 18.7. The van der Waals surface area contributed by atoms with Crippen LogP contribution in [0.4, 0.5) is 0 Å². The lowest BCUT2D eigenvalue weighted by molar-refractivity contribution is 0.0941. The van der Waals surface area contributed by atoms with E-state index in [4.69, 9.17) is 4.74 Å². The minimum atomic E-state index is -0.159. The third-order valence-corrected chi connectivity index (χ3v) is 4.58. The summed E-state index contributed by atoms with van der Waals surface area (Å²) in [6.07, 6.45) is 5.38. The Bertz CT molecular complexity index is 899. The highest BCUT2D eigenvalue weighted by Gasteiger charge is 2.22. The maximum atomic E-state index is 12.9. The molecule has 1 amide bonds. The second-order valence-corrected chi connectivity index (χ2v) is 6.53. The number of aromatic nitrogens is 3. The number of likely N-dealkylation sites (N-methyl/N-ethyl adjacent to an activating group) is 1. The molecule has 0 aliphatic carbocycles. The van der Waals surface area contributed by atoms with Gasteiger partial charge in [-0.3, -0.25) is 9.48 Å². The van der Waals surface area contributed by atoms with E-state index in [1.54, 1.807) is 18.0 Å². The molecule has 3 rings (SSSR count). The van der Waals surface area contributed by atoms with Crippen molar-refractivity contribution in [1.82, 2.24) is 24.6 Å². The molecule has 0 fully saturated rings. The van der Waals surface area contributed by atoms with E-state index in [9.17, 15) is 4.79 Å². The highest BCUT2D eigenvalue weighted by molar-refractivity contribution is 5.97. The van der Waals surface area contributed by atoms with E-state index < -0.39 is 0 Å². The Hall–Kier alpha value is -3.06. The minimum Gasteiger partial charge on any atom is -0.496 e. The number of nitrogens with one attached hydrogen (secondary N) is 1. The van der Waals surface area contributed by atoms with Crippen molar-refractivity contribution in [2.24, 2.45) is 7.05 Å². The molecule has 0 aliphatic heterocycles. The monoisotopic (exact) mass is 367 g/mol. The van der Waals surface area contributed by atoms with E-state index in [2.05, 4.69) is 15.3 Å². The molecule has 0 radical (unpaired) electrons. The van der Waals surface area contributed by atoms with Gasteiger partial charge < -0.3 is 19.5 Å². The summed E-state index contributed by atoms with van der Waals surface area (Å²) < 4.78 is 9.06. The Balaban J connectivity index is 1.80. The Kier molecular flexibility index (Phi) is 5.61. The number of amides is 1. The van der Waals surface area contributed by atoms with Crippen molar-refractivity contribution in [3.8, 4) is 11.6 Å². The average Bonchev–Trinajstić information content (AvgIpc) is 3.31. The van der Waals surface area contributed by atoms with Gasteiger partial charge in [-0.05, 0) is 32.3 Å². The van der Waals surface area contributed by atoms with Crippen molar-refractivity contribution in [2.75, 3.05) is 27.7 Å². The normalized spacial score (nSPS) is 12.2. The fourth-order valence-electron chi connectivity index (χ4n) is 3.17. The SMILES string of the molecule is COc1ccccc1C(CNC(=O)c1cnn(C)c1-n1cccc1)N(C)C. The summed E-state index contributed by atoms with van der Waals surface area (Å²) in [7, 11) is 7.45. The van der Waals surface area contributed by atoms with Gasteiger partial charge in [-0.2, -0.15) is 5.10 Å². The van der Waals surface area contributed by atoms with Crippen molar-refractivity contribution in [1.29, 1.82) is 0 Å². The van der Waals surface area contributed by atoms with Crippen molar-refractivity contribution in [3.05, 3.63) is 66.1 Å². The van der Waals surface area contributed by atoms with E-state index in [0.717, 1.165) is 17.1 Å². The first-order chi connectivity index (χ1) is 13.0. The van der Waals surface area contributed by atoms with Crippen LogP contribution in [0, 0.1) is 0 Å². The number of hydrogen-bond acceptors (Lipinski definition) is 4. The summed E-state index contributed by atoms with van der Waals surface area (Å²) in [6.45, 7) is 0.451. The van der Waals surface area contributed by atoms with Crippen LogP contribution in [0.1, 0.15) is 22.0 Å². The molecule has 1 atom stereocenters. The maximum absolute atomic E-state index is 12.9. The number of rotatable bonds is 7. The molecule has 1 aromatic carbocycles. The van der Waals surface area contributed by atoms with Gasteiger partial charge in [0.15, 0.2) is 0 Å². The fraction of sp³-hybridized carbons (Fsp3) is 0.300. The van der Waals surface area contributed by atoms with Crippen LogP contribution in [0.3, 0.4) is 0 Å². The van der Waals surface area contributed by atoms with E-state index in [1.807, 2.05) is 74.5 Å². The first-order valence-corrected chi connectivity index (χ1v) is 8.75. The van der Waals surface area contributed by atoms with Crippen molar-refractivity contribution < 1.29 is 9.53 Å². The summed E-state index contributed by atoms with van der Waals surface area (Å²) in [5.74, 6) is 1.38. The maximum Gasteiger partial charge on any atom is 0.256 e. The number of carbonyl (C=O) groups is 1. The molecular formula is C20H25N5O2. The van der Waals surface area contributed by atoms with Crippen LogP contribution in [0.25, 0.3) is 5.82 Å². The van der Waals surface area contributed by atoms with E-state index in [1.165, 1.54) is 0 Å². The fourth-order valence-corrected chi connectivity index (χ4v) is 3.17. The lowest BCUT2D eigenvalue weighted by Gasteiger charge is -2.26. The van der Waals surface area contributed by atoms with Crippen LogP contribution in [-0.4, -0.2) is 52.9 Å². The van der Waals surface area contributed by atoms with Gasteiger partial charge in [0.2, 0.25) is 0 Å². The standard InChI is InChI=1S/C20H25N5O2/c1-23(2)17(15-9-5-6-10-18(15)27-4)14-21-19(26)16-13-22-24(3)20(16)25-11-7-8-12-25/h5-13,17H,14H2,1-4H3,(H,21,26). The number of nitrogens with zero attached hydrogens (tertiary/aromatic N) is 4. The molecule has 2 heterocycles. The molecular weight excluding hydrogens is 342 g/mol. The molecule has 27 heavy (non-hydrogen) atoms. The minimum absolute atomic E-state index is 0.0169. The Morgan fingerprint density at radius 3 is 2.59 bits per heavy atom. The molecule has 1 N–H and O–H groups in total. The molecule has 0 aliphatic rings. The van der Waals surface area contributed by atoms with Crippen LogP contribution in [0.15, 0.2) is 55.0 Å². The van der Waals surface area contributed by atoms with Gasteiger partial charge in [-0.25, -0.2) is 0 Å². The van der Waals surface area contributed by atoms with Gasteiger partial charge in [0.05, 0.1) is 19.3 Å². The average molecular weight is 367 g/mol. The Morgan fingerprint density at radius 2 is 1.93 bits per heavy atom. The number of aryl methyl sites for hydroxylation is 1. The van der Waals surface area contributed by atoms with Gasteiger partial charge in [-0.1, -0.05) is 18.2 Å². The predicted molar refractivity (Wildman–Crippen MR) is 104 cm³/mol. The lowest BCUT2D eigenvalue weighted by atomic mass is 10.0. The van der Waals surface area contributed by atoms with Crippen molar-refractivity contribution >= 4 is 5.91 Å². The second-order valence-electron chi connectivity index (χ2n) is 6.53. The number of benzene rings is 1. The van der Waals surface area contributed by atoms with Crippen LogP contribution >= 0.6 is 0 Å². The topological polar surface area (TPSA) is 64.3 Å². The van der Waals surface area contributed by atoms with Gasteiger partial charge in [-0.15, -0.1) is 0 Å². The Morgan fingerprint density at radius 1 is 1.22 bits per heavy atom. The number of methoxy groups -OCH3 is 1. The predicted octanol–water partition coefficient (Wildman–Crippen LogP) is 2.25. The molecule has 2 aromatic heterocycles. The molecule has 7 heteroatoms. The summed E-state index contributed by atoms with van der Waals surface area (Å²) >= 11 is 0. The van der Waals surface area contributed by atoms with Crippen LogP contribution in [0.5, 0.6) is 5.75 Å². The molecule has 142 valence electrons. The van der Waals surface area contributed by atoms with Crippen LogP contribution in [-0.2, 0) is 7.05 Å². The van der Waals surface area contributed by atoms with Gasteiger partial charge in [0.25, 0.3) is 5.91 Å². The van der Waals surface area contributed by atoms with Gasteiger partial charge >= 0.3 is 0 Å². The molecule has 0 saturated carbocycles. The zero-order valence-corrected chi connectivity index (χ0v) is 16.1. The van der Waals surface area contributed by atoms with Gasteiger partial charge in [0, 0.05) is 31.5 Å². The van der Waals surface area contributed by atoms with E-state index in [-0.39, 0.29) is 11.9 Å². The zero-order valence-electron chi connectivity index (χ0n) is 16.1. The number of hydrogen-bond donors (Lipinski definition) is 1. The van der Waals surface area contributed by atoms with Gasteiger partial charge in [0.1, 0.15) is 17.1 Å². The smallest absolute Gasteiger partial charge is 0.256 e. The summed E-state index contributed by atoms with van der Waals surface area (Å²) in [4.78, 5) is 14.9. The largest absolute Gasteiger partial charge is 0.496 e. The lowest BCUT2D eigenvalue weighted by Crippen LogP contribution is -2.35. The zero-order chi connectivity index (χ0) is 19.4. The highest BCUT2D eigenvalue weighted by Crippen LogP contribution is 2.27. The third-order valence-electron chi connectivity index (χ3n) is 4.58. The second kappa shape index (κ2) is 8.09. The highest BCUT2D eigenvalue weighted by atomic mass is 16.5. The molecule has 0 saturated heterocycles. The summed E-state index contributed by atoms with van der Waals surface area (Å²) in [5, 5.41) is 7.29. The number of carbonyl (C=O) groups excluding carboxylic acids is 1. The number of ether oxygens (including phenoxy) is 1. The van der Waals surface area contributed by atoms with Crippen molar-refractivity contribution in [3.63, 3.8) is 0 Å². The van der Waals surface area contributed by atoms with Crippen molar-refractivity contribution in [2.45, 2.75) is 6.04 Å². The molecule has 3 aromatic rings. The Labute approximate surface area is 159 Å².